The highest BCUT2D eigenvalue weighted by molar-refractivity contribution is 7.09. The molecule has 1 aromatic heterocycles. The summed E-state index contributed by atoms with van der Waals surface area (Å²) in [5, 5.41) is 3.00. The smallest absolute Gasteiger partial charge is 0.228 e. The van der Waals surface area contributed by atoms with Crippen LogP contribution in [0.4, 0.5) is 0 Å². The minimum Gasteiger partial charge on any atom is -0.490 e. The number of nitrogens with zero attached hydrogens (tertiary/aromatic N) is 3. The Morgan fingerprint density at radius 1 is 1.06 bits per heavy atom. The van der Waals surface area contributed by atoms with E-state index in [2.05, 4.69) is 40.2 Å². The van der Waals surface area contributed by atoms with Crippen molar-refractivity contribution in [3.05, 3.63) is 75.7 Å². The zero-order valence-electron chi connectivity index (χ0n) is 21.4. The highest BCUT2D eigenvalue weighted by Gasteiger charge is 2.20. The fraction of sp³-hybridized carbons (Fsp3) is 0.448. The van der Waals surface area contributed by atoms with Crippen LogP contribution in [0.25, 0.3) is 0 Å². The largest absolute Gasteiger partial charge is 0.490 e. The lowest BCUT2D eigenvalue weighted by Gasteiger charge is -2.28. The van der Waals surface area contributed by atoms with Crippen molar-refractivity contribution in [3.63, 3.8) is 0 Å². The quantitative estimate of drug-likeness (QED) is 0.442. The molecule has 0 spiro atoms. The van der Waals surface area contributed by atoms with Crippen LogP contribution in [0, 0.1) is 6.92 Å². The Morgan fingerprint density at radius 3 is 2.69 bits per heavy atom. The van der Waals surface area contributed by atoms with Crippen LogP contribution in [0.2, 0.25) is 0 Å². The van der Waals surface area contributed by atoms with E-state index in [1.165, 1.54) is 5.56 Å². The molecule has 1 aliphatic rings. The number of aromatic nitrogens is 1. The standard InChI is InChI=1S/C29H37N3O3S/c1-3-34-27-14-10-13-25-21-31(20-24-11-6-4-7-12-24)16-17-32(15-8-5-9-18-35-29(25)27)28(33)19-26-22-36-23(2)30-26/h4,6-7,10-14,22H,3,5,8-9,15-21H2,1-2H3. The monoisotopic (exact) mass is 507 g/mol. The fourth-order valence-corrected chi connectivity index (χ4v) is 5.16. The molecule has 0 fully saturated rings. The van der Waals surface area contributed by atoms with Gasteiger partial charge in [-0.25, -0.2) is 4.98 Å². The molecular formula is C29H37N3O3S. The van der Waals surface area contributed by atoms with Gasteiger partial charge in [-0.3, -0.25) is 9.69 Å². The summed E-state index contributed by atoms with van der Waals surface area (Å²) in [5.41, 5.74) is 3.24. The van der Waals surface area contributed by atoms with E-state index in [1.54, 1.807) is 11.3 Å². The van der Waals surface area contributed by atoms with Crippen molar-refractivity contribution in [2.24, 2.45) is 0 Å². The minimum absolute atomic E-state index is 0.158. The first kappa shape index (κ1) is 26.2. The van der Waals surface area contributed by atoms with Crippen LogP contribution in [0.3, 0.4) is 0 Å². The van der Waals surface area contributed by atoms with Gasteiger partial charge in [0.05, 0.1) is 30.3 Å². The van der Waals surface area contributed by atoms with Crippen molar-refractivity contribution in [2.75, 3.05) is 32.8 Å². The Kier molecular flexibility index (Phi) is 9.76. The van der Waals surface area contributed by atoms with E-state index < -0.39 is 0 Å². The minimum atomic E-state index is 0.158. The summed E-state index contributed by atoms with van der Waals surface area (Å²) in [6.45, 7) is 8.97. The molecule has 0 atom stereocenters. The van der Waals surface area contributed by atoms with Gasteiger partial charge in [-0.2, -0.15) is 0 Å². The maximum atomic E-state index is 13.3. The Balaban J connectivity index is 1.56. The van der Waals surface area contributed by atoms with Gasteiger partial charge in [-0.1, -0.05) is 42.5 Å². The van der Waals surface area contributed by atoms with Gasteiger partial charge in [0, 0.05) is 43.7 Å². The van der Waals surface area contributed by atoms with E-state index >= 15 is 0 Å². The second kappa shape index (κ2) is 13.4. The van der Waals surface area contributed by atoms with Gasteiger partial charge >= 0.3 is 0 Å². The molecule has 0 bridgehead atoms. The van der Waals surface area contributed by atoms with Gasteiger partial charge in [0.2, 0.25) is 5.91 Å². The molecule has 6 nitrogen and oxygen atoms in total. The molecule has 36 heavy (non-hydrogen) atoms. The van der Waals surface area contributed by atoms with Gasteiger partial charge in [0.1, 0.15) is 0 Å². The fourth-order valence-electron chi connectivity index (χ4n) is 4.55. The zero-order chi connectivity index (χ0) is 25.2. The number of hydrogen-bond acceptors (Lipinski definition) is 6. The third kappa shape index (κ3) is 7.55. The molecule has 7 heteroatoms. The van der Waals surface area contributed by atoms with Crippen molar-refractivity contribution in [1.82, 2.24) is 14.8 Å². The Morgan fingerprint density at radius 2 is 1.92 bits per heavy atom. The van der Waals surface area contributed by atoms with E-state index in [0.717, 1.165) is 73.2 Å². The first-order valence-corrected chi connectivity index (χ1v) is 13.8. The number of ether oxygens (including phenoxy) is 2. The summed E-state index contributed by atoms with van der Waals surface area (Å²) in [7, 11) is 0. The molecule has 0 aliphatic carbocycles. The molecule has 1 aliphatic heterocycles. The second-order valence-corrected chi connectivity index (χ2v) is 10.3. The lowest BCUT2D eigenvalue weighted by molar-refractivity contribution is -0.130. The number of carbonyl (C=O) groups excluding carboxylic acids is 1. The number of para-hydroxylation sites is 1. The molecule has 2 heterocycles. The van der Waals surface area contributed by atoms with E-state index in [4.69, 9.17) is 9.47 Å². The summed E-state index contributed by atoms with van der Waals surface area (Å²) in [4.78, 5) is 22.2. The number of carbonyl (C=O) groups is 1. The number of rotatable bonds is 6. The van der Waals surface area contributed by atoms with Crippen molar-refractivity contribution in [2.45, 2.75) is 52.6 Å². The molecule has 4 rings (SSSR count). The summed E-state index contributed by atoms with van der Waals surface area (Å²) in [6, 6.07) is 16.7. The number of amides is 1. The molecule has 0 saturated heterocycles. The number of aryl methyl sites for hydroxylation is 1. The van der Waals surface area contributed by atoms with E-state index in [0.29, 0.717) is 26.2 Å². The van der Waals surface area contributed by atoms with E-state index in [9.17, 15) is 4.79 Å². The van der Waals surface area contributed by atoms with Crippen molar-refractivity contribution in [1.29, 1.82) is 0 Å². The van der Waals surface area contributed by atoms with Crippen LogP contribution in [-0.4, -0.2) is 53.5 Å². The molecule has 0 unspecified atom stereocenters. The van der Waals surface area contributed by atoms with E-state index in [-0.39, 0.29) is 5.91 Å². The van der Waals surface area contributed by atoms with Crippen molar-refractivity contribution < 1.29 is 14.3 Å². The van der Waals surface area contributed by atoms with Crippen LogP contribution < -0.4 is 9.47 Å². The Labute approximate surface area is 218 Å². The molecule has 0 saturated carbocycles. The molecule has 3 aromatic rings. The molecule has 1 amide bonds. The lowest BCUT2D eigenvalue weighted by Crippen LogP contribution is -2.39. The average Bonchev–Trinajstić information content (AvgIpc) is 3.29. The van der Waals surface area contributed by atoms with Crippen LogP contribution in [0.1, 0.15) is 48.0 Å². The third-order valence-corrected chi connectivity index (χ3v) is 7.18. The number of benzene rings is 2. The van der Waals surface area contributed by atoms with Gasteiger partial charge in [-0.05, 0) is 44.7 Å². The Bertz CT molecular complexity index is 1100. The maximum absolute atomic E-state index is 13.3. The van der Waals surface area contributed by atoms with Crippen molar-refractivity contribution >= 4 is 17.2 Å². The summed E-state index contributed by atoms with van der Waals surface area (Å²) < 4.78 is 12.2. The highest BCUT2D eigenvalue weighted by atomic mass is 32.1. The van der Waals surface area contributed by atoms with Gasteiger partial charge in [0.15, 0.2) is 11.5 Å². The zero-order valence-corrected chi connectivity index (χ0v) is 22.3. The summed E-state index contributed by atoms with van der Waals surface area (Å²) in [5.74, 6) is 1.81. The molecule has 0 N–H and O–H groups in total. The van der Waals surface area contributed by atoms with Crippen LogP contribution in [0.15, 0.2) is 53.9 Å². The number of thiazole rings is 1. The van der Waals surface area contributed by atoms with E-state index in [1.807, 2.05) is 42.3 Å². The average molecular weight is 508 g/mol. The molecular weight excluding hydrogens is 470 g/mol. The number of hydrogen-bond donors (Lipinski definition) is 0. The van der Waals surface area contributed by atoms with Crippen LogP contribution >= 0.6 is 11.3 Å². The highest BCUT2D eigenvalue weighted by Crippen LogP contribution is 2.33. The van der Waals surface area contributed by atoms with Crippen LogP contribution in [-0.2, 0) is 24.3 Å². The topological polar surface area (TPSA) is 54.9 Å². The number of fused-ring (bicyclic) bond motifs is 1. The predicted octanol–water partition coefficient (Wildman–Crippen LogP) is 5.49. The molecule has 0 radical (unpaired) electrons. The first-order valence-electron chi connectivity index (χ1n) is 12.9. The second-order valence-electron chi connectivity index (χ2n) is 9.20. The summed E-state index contributed by atoms with van der Waals surface area (Å²) in [6.07, 6.45) is 3.29. The van der Waals surface area contributed by atoms with Gasteiger partial charge < -0.3 is 14.4 Å². The van der Waals surface area contributed by atoms with Crippen molar-refractivity contribution in [3.8, 4) is 11.5 Å². The Hall–Kier alpha value is -2.90. The van der Waals surface area contributed by atoms with Crippen LogP contribution in [0.5, 0.6) is 11.5 Å². The lowest BCUT2D eigenvalue weighted by atomic mass is 10.1. The third-order valence-electron chi connectivity index (χ3n) is 6.36. The molecule has 192 valence electrons. The predicted molar refractivity (Wildman–Crippen MR) is 145 cm³/mol. The van der Waals surface area contributed by atoms with Gasteiger partial charge in [-0.15, -0.1) is 11.3 Å². The maximum Gasteiger partial charge on any atom is 0.228 e. The summed E-state index contributed by atoms with van der Waals surface area (Å²) >= 11 is 1.60. The van der Waals surface area contributed by atoms with Gasteiger partial charge in [0.25, 0.3) is 0 Å². The molecule has 2 aromatic carbocycles. The normalized spacial score (nSPS) is 15.7. The SMILES string of the molecule is CCOc1cccc2c1OCCCCCN(C(=O)Cc1csc(C)n1)CCN(Cc1ccccc1)C2. The first-order chi connectivity index (χ1) is 17.6.